The van der Waals surface area contributed by atoms with Gasteiger partial charge in [-0.3, -0.25) is 0 Å². The summed E-state index contributed by atoms with van der Waals surface area (Å²) < 4.78 is 0. The van der Waals surface area contributed by atoms with Crippen molar-refractivity contribution in [3.05, 3.63) is 0 Å². The van der Waals surface area contributed by atoms with Crippen molar-refractivity contribution in [2.45, 2.75) is 32.2 Å². The van der Waals surface area contributed by atoms with Crippen molar-refractivity contribution < 1.29 is 0 Å². The first-order valence-electron chi connectivity index (χ1n) is 3.10. The molecule has 1 aliphatic rings. The summed E-state index contributed by atoms with van der Waals surface area (Å²) in [7, 11) is 0. The molecule has 1 fully saturated rings. The van der Waals surface area contributed by atoms with E-state index in [-0.39, 0.29) is 0 Å². The monoisotopic (exact) mass is 99.1 g/mol. The van der Waals surface area contributed by atoms with Crippen LogP contribution in [0, 0.1) is 5.92 Å². The maximum atomic E-state index is 5.55. The molecule has 0 saturated heterocycles. The molecule has 0 amide bonds. The molecule has 1 heteroatoms. The molecule has 0 aliphatic heterocycles. The first kappa shape index (κ1) is 5.10. The Hall–Kier alpha value is -0.0400. The van der Waals surface area contributed by atoms with Crippen LogP contribution in [0.1, 0.15) is 26.2 Å². The van der Waals surface area contributed by atoms with Gasteiger partial charge >= 0.3 is 0 Å². The Morgan fingerprint density at radius 1 is 1.71 bits per heavy atom. The highest BCUT2D eigenvalue weighted by Gasteiger charge is 2.31. The van der Waals surface area contributed by atoms with E-state index >= 15 is 0 Å². The fourth-order valence-electron chi connectivity index (χ4n) is 0.974. The van der Waals surface area contributed by atoms with E-state index in [1.54, 1.807) is 0 Å². The van der Waals surface area contributed by atoms with Gasteiger partial charge in [-0.2, -0.15) is 0 Å². The molecule has 0 bridgehead atoms. The minimum absolute atomic E-state index is 0.569. The molecular formula is C6H13N. The second kappa shape index (κ2) is 1.83. The average Bonchev–Trinajstić information content (AvgIpc) is 2.22. The van der Waals surface area contributed by atoms with Crippen LogP contribution in [0.25, 0.3) is 0 Å². The molecule has 2 atom stereocenters. The van der Waals surface area contributed by atoms with E-state index in [1.165, 1.54) is 19.3 Å². The standard InChI is InChI=1S/C6H13N/c1-2-3-5-4-6(5)7/h5-6H,2-4,7H2,1H3/t5-,6-/m1/s1. The Morgan fingerprint density at radius 2 is 2.29 bits per heavy atom. The zero-order chi connectivity index (χ0) is 5.28. The maximum Gasteiger partial charge on any atom is 0.00709 e. The Morgan fingerprint density at radius 3 is 2.43 bits per heavy atom. The van der Waals surface area contributed by atoms with Crippen LogP contribution in [-0.4, -0.2) is 6.04 Å². The summed E-state index contributed by atoms with van der Waals surface area (Å²) in [6, 6.07) is 0.569. The van der Waals surface area contributed by atoms with E-state index in [4.69, 9.17) is 5.73 Å². The van der Waals surface area contributed by atoms with Gasteiger partial charge in [0.2, 0.25) is 0 Å². The van der Waals surface area contributed by atoms with Gasteiger partial charge in [0.15, 0.2) is 0 Å². The topological polar surface area (TPSA) is 26.0 Å². The van der Waals surface area contributed by atoms with E-state index in [0.717, 1.165) is 5.92 Å². The van der Waals surface area contributed by atoms with Gasteiger partial charge in [0.1, 0.15) is 0 Å². The van der Waals surface area contributed by atoms with Gasteiger partial charge in [-0.25, -0.2) is 0 Å². The summed E-state index contributed by atoms with van der Waals surface area (Å²) in [5, 5.41) is 0. The van der Waals surface area contributed by atoms with Crippen molar-refractivity contribution in [2.75, 3.05) is 0 Å². The van der Waals surface area contributed by atoms with Crippen LogP contribution in [0.15, 0.2) is 0 Å². The quantitative estimate of drug-likeness (QED) is 0.552. The Kier molecular flexibility index (Phi) is 1.33. The van der Waals surface area contributed by atoms with Crippen molar-refractivity contribution in [3.63, 3.8) is 0 Å². The van der Waals surface area contributed by atoms with Gasteiger partial charge in [0, 0.05) is 6.04 Å². The number of rotatable bonds is 2. The normalized spacial score (nSPS) is 38.6. The van der Waals surface area contributed by atoms with Crippen LogP contribution in [-0.2, 0) is 0 Å². The lowest BCUT2D eigenvalue weighted by Gasteiger charge is -1.86. The number of hydrogen-bond acceptors (Lipinski definition) is 1. The van der Waals surface area contributed by atoms with Crippen LogP contribution in [0.3, 0.4) is 0 Å². The number of nitrogens with two attached hydrogens (primary N) is 1. The Bertz CT molecular complexity index is 61.2. The lowest BCUT2D eigenvalue weighted by molar-refractivity contribution is 0.683. The van der Waals surface area contributed by atoms with Crippen molar-refractivity contribution in [2.24, 2.45) is 11.7 Å². The van der Waals surface area contributed by atoms with Gasteiger partial charge in [-0.1, -0.05) is 13.3 Å². The van der Waals surface area contributed by atoms with E-state index in [9.17, 15) is 0 Å². The molecule has 0 spiro atoms. The van der Waals surface area contributed by atoms with Gasteiger partial charge in [0.25, 0.3) is 0 Å². The molecule has 7 heavy (non-hydrogen) atoms. The van der Waals surface area contributed by atoms with Gasteiger partial charge in [0.05, 0.1) is 0 Å². The maximum absolute atomic E-state index is 5.55. The van der Waals surface area contributed by atoms with Gasteiger partial charge in [-0.15, -0.1) is 0 Å². The van der Waals surface area contributed by atoms with Crippen LogP contribution >= 0.6 is 0 Å². The third kappa shape index (κ3) is 1.16. The van der Waals surface area contributed by atoms with Crippen molar-refractivity contribution >= 4 is 0 Å². The van der Waals surface area contributed by atoms with Crippen molar-refractivity contribution in [1.82, 2.24) is 0 Å². The fraction of sp³-hybridized carbons (Fsp3) is 1.00. The van der Waals surface area contributed by atoms with E-state index in [1.807, 2.05) is 0 Å². The van der Waals surface area contributed by atoms with E-state index < -0.39 is 0 Å². The van der Waals surface area contributed by atoms with Crippen molar-refractivity contribution in [1.29, 1.82) is 0 Å². The molecule has 2 N–H and O–H groups in total. The van der Waals surface area contributed by atoms with Crippen LogP contribution in [0.5, 0.6) is 0 Å². The molecule has 1 aliphatic carbocycles. The predicted octanol–water partition coefficient (Wildman–Crippen LogP) is 1.13. The van der Waals surface area contributed by atoms with E-state index in [0.29, 0.717) is 6.04 Å². The molecule has 1 rings (SSSR count). The van der Waals surface area contributed by atoms with Crippen molar-refractivity contribution in [3.8, 4) is 0 Å². The highest BCUT2D eigenvalue weighted by molar-refractivity contribution is 4.88. The molecule has 42 valence electrons. The molecule has 0 heterocycles. The molecule has 0 aromatic heterocycles. The van der Waals surface area contributed by atoms with Crippen LogP contribution in [0.2, 0.25) is 0 Å². The second-order valence-electron chi connectivity index (χ2n) is 2.45. The zero-order valence-corrected chi connectivity index (χ0v) is 4.85. The Balaban J connectivity index is 1.98. The number of hydrogen-bond donors (Lipinski definition) is 1. The summed E-state index contributed by atoms with van der Waals surface area (Å²) in [6.07, 6.45) is 3.94. The summed E-state index contributed by atoms with van der Waals surface area (Å²) in [5.74, 6) is 0.894. The minimum atomic E-state index is 0.569. The lowest BCUT2D eigenvalue weighted by Crippen LogP contribution is -2.00. The largest absolute Gasteiger partial charge is 0.327 e. The molecule has 0 unspecified atom stereocenters. The molecule has 1 saturated carbocycles. The summed E-state index contributed by atoms with van der Waals surface area (Å²) in [4.78, 5) is 0. The summed E-state index contributed by atoms with van der Waals surface area (Å²) in [5.41, 5.74) is 5.55. The highest BCUT2D eigenvalue weighted by Crippen LogP contribution is 2.31. The fourth-order valence-corrected chi connectivity index (χ4v) is 0.974. The molecule has 0 aromatic carbocycles. The SMILES string of the molecule is CCC[C@@H]1C[C@H]1N. The first-order chi connectivity index (χ1) is 3.34. The van der Waals surface area contributed by atoms with Crippen LogP contribution in [0.4, 0.5) is 0 Å². The van der Waals surface area contributed by atoms with Gasteiger partial charge in [-0.05, 0) is 18.8 Å². The van der Waals surface area contributed by atoms with E-state index in [2.05, 4.69) is 6.92 Å². The molecule has 0 radical (unpaired) electrons. The van der Waals surface area contributed by atoms with Crippen LogP contribution < -0.4 is 5.73 Å². The molecule has 1 nitrogen and oxygen atoms in total. The summed E-state index contributed by atoms with van der Waals surface area (Å²) in [6.45, 7) is 2.21. The molecular weight excluding hydrogens is 86.1 g/mol. The lowest BCUT2D eigenvalue weighted by atomic mass is 10.2. The second-order valence-corrected chi connectivity index (χ2v) is 2.45. The zero-order valence-electron chi connectivity index (χ0n) is 4.85. The van der Waals surface area contributed by atoms with Gasteiger partial charge < -0.3 is 5.73 Å². The Labute approximate surface area is 44.9 Å². The molecule has 0 aromatic rings. The third-order valence-electron chi connectivity index (χ3n) is 1.64. The summed E-state index contributed by atoms with van der Waals surface area (Å²) >= 11 is 0. The smallest absolute Gasteiger partial charge is 0.00709 e. The minimum Gasteiger partial charge on any atom is -0.327 e. The highest BCUT2D eigenvalue weighted by atomic mass is 14.7. The average molecular weight is 99.2 g/mol. The third-order valence-corrected chi connectivity index (χ3v) is 1.64. The first-order valence-corrected chi connectivity index (χ1v) is 3.10. The predicted molar refractivity (Wildman–Crippen MR) is 31.0 cm³/mol.